The maximum atomic E-state index is 12.9. The number of carbonyl (C=O) groups is 1. The van der Waals surface area contributed by atoms with Crippen LogP contribution in [-0.4, -0.2) is 51.6 Å². The number of esters is 1. The van der Waals surface area contributed by atoms with Gasteiger partial charge in [-0.3, -0.25) is 4.79 Å². The first-order valence-electron chi connectivity index (χ1n) is 9.44. The summed E-state index contributed by atoms with van der Waals surface area (Å²) in [7, 11) is -3.63. The average Bonchev–Trinajstić information content (AvgIpc) is 2.67. The van der Waals surface area contributed by atoms with Crippen LogP contribution >= 0.6 is 0 Å². The Kier molecular flexibility index (Phi) is 6.26. The summed E-state index contributed by atoms with van der Waals surface area (Å²) in [4.78, 5) is 12.3. The van der Waals surface area contributed by atoms with Gasteiger partial charge in [-0.25, -0.2) is 8.42 Å². The van der Waals surface area contributed by atoms with Crippen molar-refractivity contribution >= 4 is 16.0 Å². The predicted octanol–water partition coefficient (Wildman–Crippen LogP) is 2.45. The lowest BCUT2D eigenvalue weighted by molar-refractivity contribution is -0.150. The van der Waals surface area contributed by atoms with Crippen LogP contribution in [0.2, 0.25) is 0 Å². The van der Waals surface area contributed by atoms with Gasteiger partial charge in [0.25, 0.3) is 0 Å². The molecule has 0 amide bonds. The van der Waals surface area contributed by atoms with Crippen molar-refractivity contribution < 1.29 is 27.4 Å². The Labute approximate surface area is 160 Å². The third-order valence-corrected chi connectivity index (χ3v) is 6.77. The number of nitrogens with zero attached hydrogens (tertiary/aromatic N) is 1. The van der Waals surface area contributed by atoms with Crippen LogP contribution in [0.5, 0.6) is 11.5 Å². The number of piperidine rings is 1. The fraction of sp³-hybridized carbons (Fsp3) is 0.632. The summed E-state index contributed by atoms with van der Waals surface area (Å²) in [6.45, 7) is 6.05. The minimum absolute atomic E-state index is 0.185. The standard InChI is InChI=1S/C19H27NO6S/c1-14(2)7-10-26-19(21)15-5-8-20(9-6-15)27(22,23)16-3-4-17-18(13-16)25-12-11-24-17/h3-4,13-15H,5-12H2,1-2H3. The van der Waals surface area contributed by atoms with E-state index in [-0.39, 0.29) is 16.8 Å². The summed E-state index contributed by atoms with van der Waals surface area (Å²) in [5, 5.41) is 0. The minimum Gasteiger partial charge on any atom is -0.486 e. The number of rotatable bonds is 6. The van der Waals surface area contributed by atoms with E-state index in [1.807, 2.05) is 0 Å². The molecule has 0 N–H and O–H groups in total. The number of benzene rings is 1. The van der Waals surface area contributed by atoms with Gasteiger partial charge in [-0.15, -0.1) is 0 Å². The molecule has 0 unspecified atom stereocenters. The Bertz CT molecular complexity index is 768. The van der Waals surface area contributed by atoms with Gasteiger partial charge in [0.05, 0.1) is 17.4 Å². The molecule has 0 aromatic heterocycles. The van der Waals surface area contributed by atoms with Gasteiger partial charge in [-0.1, -0.05) is 13.8 Å². The van der Waals surface area contributed by atoms with Crippen molar-refractivity contribution in [1.29, 1.82) is 0 Å². The fourth-order valence-corrected chi connectivity index (χ4v) is 4.66. The lowest BCUT2D eigenvalue weighted by Crippen LogP contribution is -2.40. The third kappa shape index (κ3) is 4.73. The van der Waals surface area contributed by atoms with Gasteiger partial charge in [0.2, 0.25) is 10.0 Å². The minimum atomic E-state index is -3.63. The molecule has 1 aromatic rings. The maximum Gasteiger partial charge on any atom is 0.309 e. The molecule has 150 valence electrons. The van der Waals surface area contributed by atoms with Crippen molar-refractivity contribution in [3.8, 4) is 11.5 Å². The second-order valence-corrected chi connectivity index (χ2v) is 9.27. The molecule has 8 heteroatoms. The van der Waals surface area contributed by atoms with Crippen molar-refractivity contribution in [3.05, 3.63) is 18.2 Å². The molecular formula is C19H27NO6S. The van der Waals surface area contributed by atoms with E-state index in [0.29, 0.717) is 63.2 Å². The van der Waals surface area contributed by atoms with E-state index in [1.54, 1.807) is 6.07 Å². The van der Waals surface area contributed by atoms with E-state index in [2.05, 4.69) is 13.8 Å². The Morgan fingerprint density at radius 1 is 1.19 bits per heavy atom. The van der Waals surface area contributed by atoms with Crippen LogP contribution in [-0.2, 0) is 19.6 Å². The van der Waals surface area contributed by atoms with Crippen molar-refractivity contribution in [2.24, 2.45) is 11.8 Å². The van der Waals surface area contributed by atoms with Gasteiger partial charge in [0, 0.05) is 19.2 Å². The fourth-order valence-electron chi connectivity index (χ4n) is 3.18. The molecule has 1 fully saturated rings. The topological polar surface area (TPSA) is 82.1 Å². The van der Waals surface area contributed by atoms with Gasteiger partial charge in [0.15, 0.2) is 11.5 Å². The highest BCUT2D eigenvalue weighted by molar-refractivity contribution is 7.89. The van der Waals surface area contributed by atoms with E-state index in [1.165, 1.54) is 16.4 Å². The van der Waals surface area contributed by atoms with Gasteiger partial charge >= 0.3 is 5.97 Å². The van der Waals surface area contributed by atoms with Gasteiger partial charge in [0.1, 0.15) is 13.2 Å². The average molecular weight is 397 g/mol. The van der Waals surface area contributed by atoms with E-state index in [9.17, 15) is 13.2 Å². The summed E-state index contributed by atoms with van der Waals surface area (Å²) >= 11 is 0. The lowest BCUT2D eigenvalue weighted by atomic mass is 9.98. The second kappa shape index (κ2) is 8.48. The quantitative estimate of drug-likeness (QED) is 0.686. The van der Waals surface area contributed by atoms with E-state index >= 15 is 0 Å². The first kappa shape index (κ1) is 19.9. The maximum absolute atomic E-state index is 12.9. The van der Waals surface area contributed by atoms with Gasteiger partial charge in [-0.2, -0.15) is 4.31 Å². The molecule has 0 bridgehead atoms. The SMILES string of the molecule is CC(C)CCOC(=O)C1CCN(S(=O)(=O)c2ccc3c(c2)OCCO3)CC1. The molecule has 0 radical (unpaired) electrons. The number of fused-ring (bicyclic) bond motifs is 1. The molecule has 0 spiro atoms. The van der Waals surface area contributed by atoms with Crippen LogP contribution in [0.4, 0.5) is 0 Å². The second-order valence-electron chi connectivity index (χ2n) is 7.33. The van der Waals surface area contributed by atoms with Crippen molar-refractivity contribution in [3.63, 3.8) is 0 Å². The zero-order chi connectivity index (χ0) is 19.4. The number of hydrogen-bond donors (Lipinski definition) is 0. The molecule has 0 aliphatic carbocycles. The zero-order valence-corrected chi connectivity index (χ0v) is 16.7. The molecule has 1 aromatic carbocycles. The van der Waals surface area contributed by atoms with E-state index < -0.39 is 10.0 Å². The molecule has 2 aliphatic heterocycles. The summed E-state index contributed by atoms with van der Waals surface area (Å²) in [6.07, 6.45) is 1.79. The Morgan fingerprint density at radius 3 is 2.52 bits per heavy atom. The lowest BCUT2D eigenvalue weighted by Gasteiger charge is -2.30. The van der Waals surface area contributed by atoms with Crippen LogP contribution < -0.4 is 9.47 Å². The van der Waals surface area contributed by atoms with Gasteiger partial charge in [-0.05, 0) is 37.3 Å². The van der Waals surface area contributed by atoms with E-state index in [4.69, 9.17) is 14.2 Å². The summed E-state index contributed by atoms with van der Waals surface area (Å²) in [5.74, 6) is 1.04. The molecule has 0 atom stereocenters. The predicted molar refractivity (Wildman–Crippen MR) is 99.3 cm³/mol. The van der Waals surface area contributed by atoms with Crippen LogP contribution in [0.1, 0.15) is 33.1 Å². The normalized spacial score (nSPS) is 18.5. The number of ether oxygens (including phenoxy) is 3. The van der Waals surface area contributed by atoms with Crippen LogP contribution in [0.25, 0.3) is 0 Å². The van der Waals surface area contributed by atoms with Crippen molar-refractivity contribution in [2.45, 2.75) is 38.0 Å². The zero-order valence-electron chi connectivity index (χ0n) is 15.8. The molecule has 1 saturated heterocycles. The molecule has 3 rings (SSSR count). The molecular weight excluding hydrogens is 370 g/mol. The molecule has 2 heterocycles. The van der Waals surface area contributed by atoms with Crippen LogP contribution in [0, 0.1) is 11.8 Å². The van der Waals surface area contributed by atoms with Gasteiger partial charge < -0.3 is 14.2 Å². The summed E-state index contributed by atoms with van der Waals surface area (Å²) in [5.41, 5.74) is 0. The highest BCUT2D eigenvalue weighted by Crippen LogP contribution is 2.34. The third-order valence-electron chi connectivity index (χ3n) is 4.88. The molecule has 27 heavy (non-hydrogen) atoms. The summed E-state index contributed by atoms with van der Waals surface area (Å²) < 4.78 is 43.5. The summed E-state index contributed by atoms with van der Waals surface area (Å²) in [6, 6.07) is 4.67. The molecule has 7 nitrogen and oxygen atoms in total. The first-order valence-corrected chi connectivity index (χ1v) is 10.9. The van der Waals surface area contributed by atoms with Crippen molar-refractivity contribution in [2.75, 3.05) is 32.9 Å². The Balaban J connectivity index is 1.59. The smallest absolute Gasteiger partial charge is 0.309 e. The van der Waals surface area contributed by atoms with E-state index in [0.717, 1.165) is 6.42 Å². The molecule has 0 saturated carbocycles. The highest BCUT2D eigenvalue weighted by atomic mass is 32.2. The van der Waals surface area contributed by atoms with Crippen LogP contribution in [0.3, 0.4) is 0 Å². The highest BCUT2D eigenvalue weighted by Gasteiger charge is 2.33. The first-order chi connectivity index (χ1) is 12.9. The Morgan fingerprint density at radius 2 is 1.85 bits per heavy atom. The monoisotopic (exact) mass is 397 g/mol. The largest absolute Gasteiger partial charge is 0.486 e. The number of hydrogen-bond acceptors (Lipinski definition) is 6. The Hall–Kier alpha value is -1.80. The number of carbonyl (C=O) groups excluding carboxylic acids is 1. The molecule has 2 aliphatic rings. The number of sulfonamides is 1. The van der Waals surface area contributed by atoms with Crippen molar-refractivity contribution in [1.82, 2.24) is 4.31 Å². The van der Waals surface area contributed by atoms with Crippen LogP contribution in [0.15, 0.2) is 23.1 Å².